The number of nitrogens with one attached hydrogen (secondary N) is 1. The molecule has 0 bridgehead atoms. The number of amides is 1. The van der Waals surface area contributed by atoms with Crippen molar-refractivity contribution in [3.8, 4) is 17.7 Å². The number of nitrogens with zero attached hydrogens (tertiary/aromatic N) is 4. The summed E-state index contributed by atoms with van der Waals surface area (Å²) >= 11 is 0. The van der Waals surface area contributed by atoms with Crippen molar-refractivity contribution in [1.82, 2.24) is 15.2 Å². The van der Waals surface area contributed by atoms with E-state index in [9.17, 15) is 31.6 Å². The third-order valence-corrected chi connectivity index (χ3v) is 7.06. The van der Waals surface area contributed by atoms with E-state index in [1.54, 1.807) is 0 Å². The minimum absolute atomic E-state index is 0.0203. The van der Waals surface area contributed by atoms with Crippen molar-refractivity contribution < 1.29 is 35.5 Å². The molecule has 0 radical (unpaired) electrons. The molecule has 0 aliphatic heterocycles. The van der Waals surface area contributed by atoms with Crippen molar-refractivity contribution in [3.05, 3.63) is 64.4 Å². The van der Waals surface area contributed by atoms with E-state index < -0.39 is 61.6 Å². The second-order valence-electron chi connectivity index (χ2n) is 8.81. The number of hydrogen-bond acceptors (Lipinski definition) is 8. The molecule has 0 atom stereocenters. The number of halogens is 4. The molecule has 38 heavy (non-hydrogen) atoms. The van der Waals surface area contributed by atoms with Gasteiger partial charge in [0.2, 0.25) is 0 Å². The topological polar surface area (TPSA) is 135 Å². The van der Waals surface area contributed by atoms with Gasteiger partial charge in [-0.3, -0.25) is 9.78 Å². The Morgan fingerprint density at radius 3 is 2.42 bits per heavy atom. The Kier molecular flexibility index (Phi) is 6.60. The van der Waals surface area contributed by atoms with E-state index in [2.05, 4.69) is 26.6 Å². The third kappa shape index (κ3) is 5.14. The zero-order chi connectivity index (χ0) is 28.0. The quantitative estimate of drug-likeness (QED) is 0.439. The monoisotopic (exact) mass is 549 g/mol. The molecule has 1 N–H and O–H groups in total. The van der Waals surface area contributed by atoms with Crippen LogP contribution in [0.1, 0.15) is 45.8 Å². The van der Waals surface area contributed by atoms with Gasteiger partial charge in [-0.2, -0.15) is 18.4 Å². The van der Waals surface area contributed by atoms with Crippen LogP contribution >= 0.6 is 0 Å². The highest BCUT2D eigenvalue weighted by Gasteiger charge is 2.47. The largest absolute Gasteiger partial charge is 0.435 e. The number of anilines is 1. The molecule has 14 heteroatoms. The molecule has 1 amide bonds. The number of nitriles is 1. The summed E-state index contributed by atoms with van der Waals surface area (Å²) in [7, 11) is -3.65. The molecular weight excluding hydrogens is 530 g/mol. The molecule has 0 saturated heterocycles. The molecule has 0 unspecified atom stereocenters. The van der Waals surface area contributed by atoms with Gasteiger partial charge < -0.3 is 10.1 Å². The molecule has 1 aliphatic rings. The number of rotatable bonds is 6. The second kappa shape index (κ2) is 9.32. The van der Waals surface area contributed by atoms with Crippen LogP contribution in [0.4, 0.5) is 23.2 Å². The maximum atomic E-state index is 15.0. The number of alkyl halides is 3. The summed E-state index contributed by atoms with van der Waals surface area (Å²) in [5.41, 5.74) is -3.57. The van der Waals surface area contributed by atoms with Crippen LogP contribution in [0.15, 0.2) is 35.2 Å². The van der Waals surface area contributed by atoms with E-state index in [1.807, 2.05) is 0 Å². The van der Waals surface area contributed by atoms with Crippen molar-refractivity contribution >= 4 is 21.4 Å². The molecule has 2 heterocycles. The SMILES string of the molecule is Cc1nc(C2(C#N)CC2)cc(F)c1Oc1nnc(C(F)(F)F)c(C)c1C(=O)Nc1cccc(S(C)(=O)=O)c1. The first-order valence-corrected chi connectivity index (χ1v) is 12.9. The first-order chi connectivity index (χ1) is 17.7. The molecule has 0 spiro atoms. The highest BCUT2D eigenvalue weighted by molar-refractivity contribution is 7.90. The van der Waals surface area contributed by atoms with Crippen molar-refractivity contribution in [1.29, 1.82) is 5.26 Å². The van der Waals surface area contributed by atoms with Gasteiger partial charge in [0, 0.05) is 18.0 Å². The van der Waals surface area contributed by atoms with Crippen LogP contribution in [0.25, 0.3) is 0 Å². The number of aromatic nitrogens is 3. The fourth-order valence-corrected chi connectivity index (χ4v) is 4.41. The van der Waals surface area contributed by atoms with Gasteiger partial charge >= 0.3 is 6.18 Å². The Bertz CT molecular complexity index is 1590. The Labute approximate surface area is 214 Å². The number of carbonyl (C=O) groups is 1. The second-order valence-corrected chi connectivity index (χ2v) is 10.8. The number of pyridine rings is 1. The maximum absolute atomic E-state index is 15.0. The lowest BCUT2D eigenvalue weighted by atomic mass is 10.0. The Morgan fingerprint density at radius 2 is 1.87 bits per heavy atom. The van der Waals surface area contributed by atoms with E-state index in [1.165, 1.54) is 25.1 Å². The van der Waals surface area contributed by atoms with Crippen LogP contribution in [-0.4, -0.2) is 35.8 Å². The highest BCUT2D eigenvalue weighted by Crippen LogP contribution is 2.47. The lowest BCUT2D eigenvalue weighted by Gasteiger charge is -2.17. The number of aryl methyl sites for hydroxylation is 1. The fourth-order valence-electron chi connectivity index (χ4n) is 3.74. The number of hydrogen-bond donors (Lipinski definition) is 1. The van der Waals surface area contributed by atoms with Gasteiger partial charge in [-0.15, -0.1) is 10.2 Å². The summed E-state index contributed by atoms with van der Waals surface area (Å²) < 4.78 is 84.8. The molecule has 1 fully saturated rings. The Balaban J connectivity index is 1.77. The molecular formula is C24H19F4N5O4S. The predicted octanol–water partition coefficient (Wildman–Crippen LogP) is 4.65. The molecule has 1 aliphatic carbocycles. The maximum Gasteiger partial charge on any atom is 0.435 e. The van der Waals surface area contributed by atoms with Gasteiger partial charge in [0.05, 0.1) is 27.8 Å². The number of sulfone groups is 1. The number of benzene rings is 1. The summed E-state index contributed by atoms with van der Waals surface area (Å²) in [6, 6.07) is 8.16. The van der Waals surface area contributed by atoms with Gasteiger partial charge in [0.1, 0.15) is 5.56 Å². The van der Waals surface area contributed by atoms with Crippen LogP contribution < -0.4 is 10.1 Å². The van der Waals surface area contributed by atoms with Crippen molar-refractivity contribution in [3.63, 3.8) is 0 Å². The lowest BCUT2D eigenvalue weighted by molar-refractivity contribution is -0.142. The minimum Gasteiger partial charge on any atom is -0.432 e. The summed E-state index contributed by atoms with van der Waals surface area (Å²) in [5.74, 6) is -3.33. The van der Waals surface area contributed by atoms with Crippen molar-refractivity contribution in [2.45, 2.75) is 43.2 Å². The van der Waals surface area contributed by atoms with E-state index >= 15 is 4.39 Å². The van der Waals surface area contributed by atoms with Crippen LogP contribution in [0.2, 0.25) is 0 Å². The van der Waals surface area contributed by atoms with Gasteiger partial charge in [-0.1, -0.05) is 6.07 Å². The summed E-state index contributed by atoms with van der Waals surface area (Å²) in [5, 5.41) is 18.2. The molecule has 1 saturated carbocycles. The average molecular weight is 550 g/mol. The first kappa shape index (κ1) is 26.9. The fraction of sp³-hybridized carbons (Fsp3) is 0.292. The van der Waals surface area contributed by atoms with Crippen LogP contribution in [0, 0.1) is 31.0 Å². The zero-order valence-electron chi connectivity index (χ0n) is 20.1. The van der Waals surface area contributed by atoms with Crippen LogP contribution in [0.3, 0.4) is 0 Å². The molecule has 4 rings (SSSR count). The van der Waals surface area contributed by atoms with Crippen molar-refractivity contribution in [2.24, 2.45) is 0 Å². The number of ether oxygens (including phenoxy) is 1. The van der Waals surface area contributed by atoms with E-state index in [4.69, 9.17) is 4.74 Å². The van der Waals surface area contributed by atoms with Crippen LogP contribution in [0.5, 0.6) is 11.6 Å². The van der Waals surface area contributed by atoms with Gasteiger partial charge in [-0.25, -0.2) is 12.8 Å². The van der Waals surface area contributed by atoms with Gasteiger partial charge in [0.15, 0.2) is 27.1 Å². The van der Waals surface area contributed by atoms with Gasteiger partial charge in [-0.05, 0) is 50.5 Å². The lowest BCUT2D eigenvalue weighted by Crippen LogP contribution is -2.21. The Hall–Kier alpha value is -4.12. The molecule has 9 nitrogen and oxygen atoms in total. The summed E-state index contributed by atoms with van der Waals surface area (Å²) in [4.78, 5) is 17.2. The summed E-state index contributed by atoms with van der Waals surface area (Å²) in [6.07, 6.45) is -3.01. The standard InChI is InChI=1S/C24H19F4N5O4S/c1-12-18(21(34)31-14-5-4-6-15(9-14)38(3,35)36)22(33-32-20(12)24(26,27)28)37-19-13(2)30-17(10-16(19)25)23(11-29)7-8-23/h4-6,9-10H,7-8H2,1-3H3,(H,31,34). The van der Waals surface area contributed by atoms with Gasteiger partial charge in [0.25, 0.3) is 11.8 Å². The first-order valence-electron chi connectivity index (χ1n) is 11.0. The molecule has 198 valence electrons. The van der Waals surface area contributed by atoms with E-state index in [0.29, 0.717) is 12.8 Å². The van der Waals surface area contributed by atoms with E-state index in [0.717, 1.165) is 25.3 Å². The normalized spacial score (nSPS) is 14.5. The van der Waals surface area contributed by atoms with Crippen LogP contribution in [-0.2, 0) is 21.4 Å². The number of carbonyl (C=O) groups excluding carboxylic acids is 1. The third-order valence-electron chi connectivity index (χ3n) is 5.95. The molecule has 2 aromatic heterocycles. The highest BCUT2D eigenvalue weighted by atomic mass is 32.2. The zero-order valence-corrected chi connectivity index (χ0v) is 21.0. The minimum atomic E-state index is -4.97. The molecule has 3 aromatic rings. The molecule has 1 aromatic carbocycles. The predicted molar refractivity (Wildman–Crippen MR) is 125 cm³/mol. The Morgan fingerprint density at radius 1 is 1.18 bits per heavy atom. The van der Waals surface area contributed by atoms with Crippen molar-refractivity contribution in [2.75, 3.05) is 11.6 Å². The van der Waals surface area contributed by atoms with E-state index in [-0.39, 0.29) is 22.0 Å². The summed E-state index contributed by atoms with van der Waals surface area (Å²) in [6.45, 7) is 2.34. The smallest absolute Gasteiger partial charge is 0.432 e. The average Bonchev–Trinajstić information content (AvgIpc) is 3.61.